The third kappa shape index (κ3) is 6.66. The van der Waals surface area contributed by atoms with Gasteiger partial charge in [0.1, 0.15) is 6.54 Å². The molecule has 0 fully saturated rings. The summed E-state index contributed by atoms with van der Waals surface area (Å²) in [5.41, 5.74) is 1.75. The van der Waals surface area contributed by atoms with E-state index >= 15 is 0 Å². The Labute approximate surface area is 236 Å². The monoisotopic (exact) mass is 586 g/mol. The second kappa shape index (κ2) is 11.7. The fraction of sp³-hybridized carbons (Fsp3) is 0.167. The molecule has 1 N–H and O–H groups in total. The quantitative estimate of drug-likeness (QED) is 0.240. The largest absolute Gasteiger partial charge is 0.417 e. The van der Waals surface area contributed by atoms with E-state index in [4.69, 9.17) is 11.6 Å². The summed E-state index contributed by atoms with van der Waals surface area (Å²) in [6, 6.07) is 24.5. The molecule has 1 atom stereocenters. The summed E-state index contributed by atoms with van der Waals surface area (Å²) >= 11 is 5.79. The standard InChI is InChI=1S/C30H26ClF3N2O3S/c1-20-8-12-23(13-9-20)29(22-6-4-3-5-7-22)35-28(37)19-36(40(38,39)25-15-10-21(2)11-16-25)24-14-17-27(31)26(18-24)30(32,33)34/h3-18,29H,19H2,1-2H3,(H,35,37). The van der Waals surface area contributed by atoms with Crippen LogP contribution in [-0.4, -0.2) is 20.9 Å². The number of amides is 1. The first-order valence-corrected chi connectivity index (χ1v) is 14.0. The van der Waals surface area contributed by atoms with Gasteiger partial charge in [0.2, 0.25) is 5.91 Å². The number of hydrogen-bond acceptors (Lipinski definition) is 3. The van der Waals surface area contributed by atoms with Crippen LogP contribution in [0.2, 0.25) is 5.02 Å². The van der Waals surface area contributed by atoms with Crippen LogP contribution in [0.25, 0.3) is 0 Å². The minimum Gasteiger partial charge on any atom is -0.344 e. The maximum absolute atomic E-state index is 13.7. The van der Waals surface area contributed by atoms with Gasteiger partial charge >= 0.3 is 6.18 Å². The van der Waals surface area contributed by atoms with E-state index < -0.39 is 45.3 Å². The molecule has 0 aliphatic carbocycles. The van der Waals surface area contributed by atoms with Crippen molar-refractivity contribution < 1.29 is 26.4 Å². The number of carbonyl (C=O) groups excluding carboxylic acids is 1. The van der Waals surface area contributed by atoms with Gasteiger partial charge < -0.3 is 5.32 Å². The van der Waals surface area contributed by atoms with Gasteiger partial charge in [-0.1, -0.05) is 89.5 Å². The Morgan fingerprint density at radius 1 is 0.850 bits per heavy atom. The first kappa shape index (κ1) is 29.2. The van der Waals surface area contributed by atoms with Crippen LogP contribution in [0.1, 0.15) is 33.9 Å². The van der Waals surface area contributed by atoms with Crippen molar-refractivity contribution in [3.63, 3.8) is 0 Å². The van der Waals surface area contributed by atoms with Crippen molar-refractivity contribution in [2.75, 3.05) is 10.8 Å². The van der Waals surface area contributed by atoms with Crippen molar-refractivity contribution in [1.29, 1.82) is 0 Å². The Morgan fingerprint density at radius 3 is 1.98 bits per heavy atom. The Balaban J connectivity index is 1.75. The molecule has 0 heterocycles. The van der Waals surface area contributed by atoms with E-state index in [-0.39, 0.29) is 10.6 Å². The van der Waals surface area contributed by atoms with Crippen LogP contribution in [0.3, 0.4) is 0 Å². The van der Waals surface area contributed by atoms with E-state index in [1.165, 1.54) is 12.1 Å². The van der Waals surface area contributed by atoms with E-state index in [9.17, 15) is 26.4 Å². The van der Waals surface area contributed by atoms with Crippen LogP contribution in [0.5, 0.6) is 0 Å². The zero-order valence-corrected chi connectivity index (χ0v) is 23.2. The van der Waals surface area contributed by atoms with Gasteiger partial charge in [0.25, 0.3) is 10.0 Å². The van der Waals surface area contributed by atoms with E-state index in [0.29, 0.717) is 10.4 Å². The number of anilines is 1. The summed E-state index contributed by atoms with van der Waals surface area (Å²) < 4.78 is 69.1. The lowest BCUT2D eigenvalue weighted by atomic mass is 9.98. The molecule has 0 aliphatic rings. The van der Waals surface area contributed by atoms with E-state index in [2.05, 4.69) is 5.32 Å². The molecule has 0 aromatic heterocycles. The fourth-order valence-corrected chi connectivity index (χ4v) is 5.78. The smallest absolute Gasteiger partial charge is 0.344 e. The molecule has 10 heteroatoms. The van der Waals surface area contributed by atoms with Crippen molar-refractivity contribution in [1.82, 2.24) is 5.32 Å². The van der Waals surface area contributed by atoms with Gasteiger partial charge in [0.05, 0.1) is 27.2 Å². The molecule has 1 unspecified atom stereocenters. The van der Waals surface area contributed by atoms with Crippen LogP contribution in [-0.2, 0) is 21.0 Å². The van der Waals surface area contributed by atoms with Gasteiger partial charge in [0, 0.05) is 0 Å². The van der Waals surface area contributed by atoms with Crippen LogP contribution in [0, 0.1) is 13.8 Å². The van der Waals surface area contributed by atoms with Gasteiger partial charge in [-0.3, -0.25) is 9.10 Å². The molecule has 0 saturated carbocycles. The topological polar surface area (TPSA) is 66.5 Å². The molecule has 4 rings (SSSR count). The minimum absolute atomic E-state index is 0.174. The molecule has 5 nitrogen and oxygen atoms in total. The third-order valence-electron chi connectivity index (χ3n) is 6.29. The lowest BCUT2D eigenvalue weighted by molar-refractivity contribution is -0.137. The molecule has 0 saturated heterocycles. The van der Waals surface area contributed by atoms with Crippen molar-refractivity contribution in [3.05, 3.63) is 130 Å². The summed E-state index contributed by atoms with van der Waals surface area (Å²) in [6.07, 6.45) is -4.83. The Morgan fingerprint density at radius 2 is 1.40 bits per heavy atom. The lowest BCUT2D eigenvalue weighted by Crippen LogP contribution is -2.42. The van der Waals surface area contributed by atoms with Crippen molar-refractivity contribution in [3.8, 4) is 0 Å². The van der Waals surface area contributed by atoms with Crippen LogP contribution in [0.15, 0.2) is 102 Å². The molecule has 0 aliphatic heterocycles. The van der Waals surface area contributed by atoms with Crippen LogP contribution in [0.4, 0.5) is 18.9 Å². The number of rotatable bonds is 8. The number of carbonyl (C=O) groups is 1. The summed E-state index contributed by atoms with van der Waals surface area (Å²) in [6.45, 7) is 2.92. The van der Waals surface area contributed by atoms with E-state index in [1.807, 2.05) is 61.5 Å². The number of hydrogen-bond donors (Lipinski definition) is 1. The molecule has 4 aromatic carbocycles. The average Bonchev–Trinajstić information content (AvgIpc) is 2.91. The van der Waals surface area contributed by atoms with Crippen molar-refractivity contribution in [2.24, 2.45) is 0 Å². The first-order chi connectivity index (χ1) is 18.9. The Bertz CT molecular complexity index is 1590. The molecule has 40 heavy (non-hydrogen) atoms. The highest BCUT2D eigenvalue weighted by Gasteiger charge is 2.36. The first-order valence-electron chi connectivity index (χ1n) is 12.2. The summed E-state index contributed by atoms with van der Waals surface area (Å²) in [4.78, 5) is 13.3. The van der Waals surface area contributed by atoms with Gasteiger partial charge in [-0.25, -0.2) is 8.42 Å². The van der Waals surface area contributed by atoms with Crippen LogP contribution >= 0.6 is 11.6 Å². The fourth-order valence-electron chi connectivity index (χ4n) is 4.14. The highest BCUT2D eigenvalue weighted by atomic mass is 35.5. The Hall–Kier alpha value is -3.82. The molecule has 208 valence electrons. The number of nitrogens with zero attached hydrogens (tertiary/aromatic N) is 1. The van der Waals surface area contributed by atoms with Crippen molar-refractivity contribution >= 4 is 33.2 Å². The highest BCUT2D eigenvalue weighted by molar-refractivity contribution is 7.92. The maximum atomic E-state index is 13.7. The second-order valence-corrected chi connectivity index (χ2v) is 11.6. The zero-order valence-electron chi connectivity index (χ0n) is 21.6. The third-order valence-corrected chi connectivity index (χ3v) is 8.41. The van der Waals surface area contributed by atoms with Gasteiger partial charge in [-0.15, -0.1) is 0 Å². The van der Waals surface area contributed by atoms with Gasteiger partial charge in [-0.2, -0.15) is 13.2 Å². The number of aryl methyl sites for hydroxylation is 2. The van der Waals surface area contributed by atoms with E-state index in [1.54, 1.807) is 19.1 Å². The minimum atomic E-state index is -4.83. The second-order valence-electron chi connectivity index (χ2n) is 9.31. The molecule has 0 radical (unpaired) electrons. The average molecular weight is 587 g/mol. The molecule has 1 amide bonds. The number of sulfonamides is 1. The molecule has 0 bridgehead atoms. The molecular weight excluding hydrogens is 561 g/mol. The predicted molar refractivity (Wildman–Crippen MR) is 150 cm³/mol. The number of halogens is 4. The highest BCUT2D eigenvalue weighted by Crippen LogP contribution is 2.38. The Kier molecular flexibility index (Phi) is 8.56. The summed E-state index contributed by atoms with van der Waals surface area (Å²) in [5.74, 6) is -0.714. The number of nitrogens with one attached hydrogen (secondary N) is 1. The summed E-state index contributed by atoms with van der Waals surface area (Å²) in [7, 11) is -4.45. The zero-order chi connectivity index (χ0) is 29.1. The number of alkyl halides is 3. The van der Waals surface area contributed by atoms with Crippen molar-refractivity contribution in [2.45, 2.75) is 31.0 Å². The van der Waals surface area contributed by atoms with E-state index in [0.717, 1.165) is 34.4 Å². The normalized spacial score (nSPS) is 12.6. The van der Waals surface area contributed by atoms with Crippen LogP contribution < -0.4 is 9.62 Å². The van der Waals surface area contributed by atoms with Gasteiger partial charge in [-0.05, 0) is 55.3 Å². The number of benzene rings is 4. The molecule has 4 aromatic rings. The maximum Gasteiger partial charge on any atom is 0.417 e. The SMILES string of the molecule is Cc1ccc(C(NC(=O)CN(c2ccc(Cl)c(C(F)(F)F)c2)S(=O)(=O)c2ccc(C)cc2)c2ccccc2)cc1. The molecular formula is C30H26ClF3N2O3S. The summed E-state index contributed by atoms with van der Waals surface area (Å²) in [5, 5.41) is 2.28. The molecule has 0 spiro atoms. The lowest BCUT2D eigenvalue weighted by Gasteiger charge is -2.27. The van der Waals surface area contributed by atoms with Gasteiger partial charge in [0.15, 0.2) is 0 Å². The predicted octanol–water partition coefficient (Wildman–Crippen LogP) is 7.08.